The standard InChI is InChI=1S/C16H14N2O3S/c1-22(18,20)15-5-2-12(3-6-15)11-21-16-7-4-13(10-19)8-14(16)9-17/h2-8,10,18H,11H2,1H3. The number of aldehydes is 1. The average molecular weight is 314 g/mol. The second kappa shape index (κ2) is 6.41. The number of nitrogens with zero attached hydrogens (tertiary/aromatic N) is 1. The van der Waals surface area contributed by atoms with Crippen molar-refractivity contribution >= 4 is 16.0 Å². The van der Waals surface area contributed by atoms with E-state index in [1.807, 2.05) is 6.07 Å². The minimum atomic E-state index is -2.72. The maximum Gasteiger partial charge on any atom is 0.150 e. The Bertz CT molecular complexity index is 835. The van der Waals surface area contributed by atoms with Crippen LogP contribution in [0.25, 0.3) is 0 Å². The van der Waals surface area contributed by atoms with Gasteiger partial charge in [0, 0.05) is 16.7 Å². The number of hydrogen-bond acceptors (Lipinski definition) is 5. The van der Waals surface area contributed by atoms with Gasteiger partial charge in [0.1, 0.15) is 24.7 Å². The Morgan fingerprint density at radius 1 is 1.27 bits per heavy atom. The first-order valence-corrected chi connectivity index (χ1v) is 8.35. The fourth-order valence-corrected chi connectivity index (χ4v) is 2.50. The largest absolute Gasteiger partial charge is 0.488 e. The van der Waals surface area contributed by atoms with Gasteiger partial charge in [-0.2, -0.15) is 5.26 Å². The molecule has 1 atom stereocenters. The molecule has 0 bridgehead atoms. The molecule has 0 heterocycles. The molecular weight excluding hydrogens is 300 g/mol. The van der Waals surface area contributed by atoms with Crippen molar-refractivity contribution < 1.29 is 13.7 Å². The summed E-state index contributed by atoms with van der Waals surface area (Å²) in [6.07, 6.45) is 2.04. The van der Waals surface area contributed by atoms with Crippen molar-refractivity contribution in [1.29, 1.82) is 10.0 Å². The molecule has 2 aromatic rings. The van der Waals surface area contributed by atoms with Crippen LogP contribution in [-0.4, -0.2) is 16.8 Å². The van der Waals surface area contributed by atoms with Crippen LogP contribution >= 0.6 is 0 Å². The number of ether oxygens (including phenoxy) is 1. The Labute approximate surface area is 129 Å². The van der Waals surface area contributed by atoms with Crippen LogP contribution in [0.2, 0.25) is 0 Å². The van der Waals surface area contributed by atoms with E-state index in [-0.39, 0.29) is 6.61 Å². The summed E-state index contributed by atoms with van der Waals surface area (Å²) in [5, 5.41) is 9.06. The van der Waals surface area contributed by atoms with Crippen LogP contribution in [0.3, 0.4) is 0 Å². The highest BCUT2D eigenvalue weighted by atomic mass is 32.2. The maximum atomic E-state index is 11.6. The lowest BCUT2D eigenvalue weighted by Crippen LogP contribution is -1.99. The van der Waals surface area contributed by atoms with Gasteiger partial charge in [0.2, 0.25) is 0 Å². The summed E-state index contributed by atoms with van der Waals surface area (Å²) < 4.78 is 24.7. The summed E-state index contributed by atoms with van der Waals surface area (Å²) in [6, 6.07) is 13.4. The predicted molar refractivity (Wildman–Crippen MR) is 82.4 cm³/mol. The average Bonchev–Trinajstić information content (AvgIpc) is 2.52. The first kappa shape index (κ1) is 15.7. The zero-order chi connectivity index (χ0) is 16.2. The van der Waals surface area contributed by atoms with Gasteiger partial charge in [0.05, 0.1) is 15.3 Å². The Hall–Kier alpha value is -2.65. The summed E-state index contributed by atoms with van der Waals surface area (Å²) in [5.74, 6) is 0.400. The van der Waals surface area contributed by atoms with E-state index in [1.165, 1.54) is 12.3 Å². The van der Waals surface area contributed by atoms with E-state index in [1.54, 1.807) is 36.4 Å². The van der Waals surface area contributed by atoms with E-state index in [4.69, 9.17) is 14.8 Å². The monoisotopic (exact) mass is 314 g/mol. The van der Waals surface area contributed by atoms with E-state index in [2.05, 4.69) is 0 Å². The molecule has 0 fully saturated rings. The van der Waals surface area contributed by atoms with Crippen LogP contribution in [0.15, 0.2) is 47.4 Å². The van der Waals surface area contributed by atoms with Crippen molar-refractivity contribution in [2.75, 3.05) is 6.26 Å². The van der Waals surface area contributed by atoms with Gasteiger partial charge in [-0.25, -0.2) is 8.99 Å². The lowest BCUT2D eigenvalue weighted by molar-refractivity contribution is 0.112. The number of nitrogens with one attached hydrogen (secondary N) is 1. The molecule has 0 aliphatic rings. The zero-order valence-corrected chi connectivity index (χ0v) is 12.7. The van der Waals surface area contributed by atoms with E-state index in [0.717, 1.165) is 5.56 Å². The van der Waals surface area contributed by atoms with Crippen LogP contribution in [0, 0.1) is 16.1 Å². The molecule has 0 radical (unpaired) electrons. The van der Waals surface area contributed by atoms with Gasteiger partial charge in [-0.3, -0.25) is 4.79 Å². The van der Waals surface area contributed by atoms with Crippen LogP contribution in [-0.2, 0) is 16.3 Å². The molecule has 2 aromatic carbocycles. The molecule has 22 heavy (non-hydrogen) atoms. The number of benzene rings is 2. The molecule has 0 aromatic heterocycles. The SMILES string of the molecule is CS(=N)(=O)c1ccc(COc2ccc(C=O)cc2C#N)cc1. The molecule has 0 amide bonds. The van der Waals surface area contributed by atoms with Crippen molar-refractivity contribution in [2.45, 2.75) is 11.5 Å². The zero-order valence-electron chi connectivity index (χ0n) is 11.9. The minimum Gasteiger partial charge on any atom is -0.488 e. The van der Waals surface area contributed by atoms with Gasteiger partial charge in [-0.1, -0.05) is 12.1 Å². The van der Waals surface area contributed by atoms with Crippen LogP contribution in [0.5, 0.6) is 5.75 Å². The first-order valence-electron chi connectivity index (χ1n) is 6.39. The molecule has 0 spiro atoms. The second-order valence-electron chi connectivity index (χ2n) is 4.76. The lowest BCUT2D eigenvalue weighted by atomic mass is 10.1. The Kier molecular flexibility index (Phi) is 4.59. The van der Waals surface area contributed by atoms with Crippen LogP contribution in [0.4, 0.5) is 0 Å². The lowest BCUT2D eigenvalue weighted by Gasteiger charge is -2.09. The maximum absolute atomic E-state index is 11.6. The highest BCUT2D eigenvalue weighted by Crippen LogP contribution is 2.20. The van der Waals surface area contributed by atoms with E-state index in [9.17, 15) is 9.00 Å². The fourth-order valence-electron chi connectivity index (χ4n) is 1.84. The number of rotatable bonds is 5. The Morgan fingerprint density at radius 2 is 1.95 bits per heavy atom. The molecule has 0 saturated carbocycles. The first-order chi connectivity index (χ1) is 10.4. The minimum absolute atomic E-state index is 0.234. The molecule has 1 unspecified atom stereocenters. The summed E-state index contributed by atoms with van der Waals surface area (Å²) in [6.45, 7) is 0.234. The van der Waals surface area contributed by atoms with Gasteiger partial charge in [-0.15, -0.1) is 0 Å². The highest BCUT2D eigenvalue weighted by molar-refractivity contribution is 7.91. The molecule has 6 heteroatoms. The second-order valence-corrected chi connectivity index (χ2v) is 6.92. The van der Waals surface area contributed by atoms with Crippen molar-refractivity contribution in [3.63, 3.8) is 0 Å². The molecule has 0 aliphatic heterocycles. The molecule has 0 aliphatic carbocycles. The van der Waals surface area contributed by atoms with Crippen LogP contribution < -0.4 is 4.74 Å². The number of hydrogen-bond donors (Lipinski definition) is 1. The van der Waals surface area contributed by atoms with Crippen molar-refractivity contribution in [3.05, 3.63) is 59.2 Å². The van der Waals surface area contributed by atoms with E-state index in [0.29, 0.717) is 28.1 Å². The van der Waals surface area contributed by atoms with Gasteiger partial charge in [0.25, 0.3) is 0 Å². The normalized spacial score (nSPS) is 12.9. The summed E-state index contributed by atoms with van der Waals surface area (Å²) in [4.78, 5) is 11.2. The molecule has 112 valence electrons. The van der Waals surface area contributed by atoms with Crippen LogP contribution in [0.1, 0.15) is 21.5 Å². The molecule has 5 nitrogen and oxygen atoms in total. The molecule has 2 rings (SSSR count). The smallest absolute Gasteiger partial charge is 0.150 e. The van der Waals surface area contributed by atoms with Crippen molar-refractivity contribution in [3.8, 4) is 11.8 Å². The number of carbonyl (C=O) groups is 1. The topological polar surface area (TPSA) is 91.0 Å². The highest BCUT2D eigenvalue weighted by Gasteiger charge is 2.06. The van der Waals surface area contributed by atoms with Crippen molar-refractivity contribution in [2.24, 2.45) is 0 Å². The van der Waals surface area contributed by atoms with Gasteiger partial charge < -0.3 is 4.74 Å². The summed E-state index contributed by atoms with van der Waals surface area (Å²) in [7, 11) is -2.72. The van der Waals surface area contributed by atoms with Gasteiger partial charge in [-0.05, 0) is 35.9 Å². The third-order valence-corrected chi connectivity index (χ3v) is 4.20. The summed E-state index contributed by atoms with van der Waals surface area (Å²) >= 11 is 0. The summed E-state index contributed by atoms with van der Waals surface area (Å²) in [5.41, 5.74) is 1.54. The molecule has 0 saturated heterocycles. The number of carbonyl (C=O) groups excluding carboxylic acids is 1. The van der Waals surface area contributed by atoms with E-state index >= 15 is 0 Å². The molecular formula is C16H14N2O3S. The quantitative estimate of drug-likeness (QED) is 0.859. The van der Waals surface area contributed by atoms with Gasteiger partial charge >= 0.3 is 0 Å². The number of nitriles is 1. The van der Waals surface area contributed by atoms with Gasteiger partial charge in [0.15, 0.2) is 0 Å². The predicted octanol–water partition coefficient (Wildman–Crippen LogP) is 2.99. The Balaban J connectivity index is 2.14. The Morgan fingerprint density at radius 3 is 2.50 bits per heavy atom. The van der Waals surface area contributed by atoms with E-state index < -0.39 is 9.73 Å². The molecule has 1 N–H and O–H groups in total. The third kappa shape index (κ3) is 3.71. The fraction of sp³-hybridized carbons (Fsp3) is 0.125. The third-order valence-electron chi connectivity index (χ3n) is 3.03. The van der Waals surface area contributed by atoms with Crippen molar-refractivity contribution in [1.82, 2.24) is 0 Å².